The fourth-order valence-corrected chi connectivity index (χ4v) is 6.85. The van der Waals surface area contributed by atoms with Crippen LogP contribution in [0.15, 0.2) is 149 Å². The van der Waals surface area contributed by atoms with Crippen molar-refractivity contribution in [1.82, 2.24) is 15.0 Å². The van der Waals surface area contributed by atoms with Crippen LogP contribution in [0.1, 0.15) is 0 Å². The predicted octanol–water partition coefficient (Wildman–Crippen LogP) is 9.82. The summed E-state index contributed by atoms with van der Waals surface area (Å²) >= 11 is 1.79. The van der Waals surface area contributed by atoms with Crippen LogP contribution >= 0.6 is 11.8 Å². The molecule has 41 heavy (non-hydrogen) atoms. The van der Waals surface area contributed by atoms with Crippen LogP contribution in [0.3, 0.4) is 0 Å². The van der Waals surface area contributed by atoms with Gasteiger partial charge in [-0.25, -0.2) is 15.0 Å². The maximum atomic E-state index is 5.08. The molecule has 6 aromatic carbocycles. The Kier molecular flexibility index (Phi) is 5.71. The molecule has 0 amide bonds. The molecule has 0 spiro atoms. The van der Waals surface area contributed by atoms with Crippen molar-refractivity contribution in [3.05, 3.63) is 140 Å². The summed E-state index contributed by atoms with van der Waals surface area (Å²) in [5.74, 6) is 1.99. The second-order valence-corrected chi connectivity index (χ2v) is 11.1. The normalized spacial score (nSPS) is 11.8. The summed E-state index contributed by atoms with van der Waals surface area (Å²) in [5.41, 5.74) is 7.82. The van der Waals surface area contributed by atoms with Gasteiger partial charge in [0.15, 0.2) is 17.5 Å². The monoisotopic (exact) mass is 541 g/mol. The zero-order valence-electron chi connectivity index (χ0n) is 22.0. The lowest BCUT2D eigenvalue weighted by molar-refractivity contribution is 1.07. The first-order valence-corrected chi connectivity index (χ1v) is 14.4. The molecule has 0 aliphatic carbocycles. The number of benzene rings is 6. The van der Waals surface area contributed by atoms with E-state index in [4.69, 9.17) is 15.0 Å². The Hall–Kier alpha value is -5.06. The molecule has 0 N–H and O–H groups in total. The highest BCUT2D eigenvalue weighted by atomic mass is 32.2. The largest absolute Gasteiger partial charge is 0.208 e. The van der Waals surface area contributed by atoms with E-state index in [2.05, 4.69) is 78.9 Å². The topological polar surface area (TPSA) is 38.7 Å². The van der Waals surface area contributed by atoms with Crippen LogP contribution in [0.5, 0.6) is 0 Å². The van der Waals surface area contributed by atoms with E-state index in [1.54, 1.807) is 11.8 Å². The summed E-state index contributed by atoms with van der Waals surface area (Å²) in [7, 11) is 0. The molecule has 0 saturated carbocycles. The van der Waals surface area contributed by atoms with Crippen LogP contribution in [-0.2, 0) is 0 Å². The molecule has 0 atom stereocenters. The maximum Gasteiger partial charge on any atom is 0.165 e. The van der Waals surface area contributed by atoms with Crippen molar-refractivity contribution in [2.75, 3.05) is 0 Å². The van der Waals surface area contributed by atoms with E-state index >= 15 is 0 Å². The molecule has 3 nitrogen and oxygen atoms in total. The van der Waals surface area contributed by atoms with Gasteiger partial charge in [0.2, 0.25) is 0 Å². The first kappa shape index (κ1) is 23.8. The second-order valence-electron chi connectivity index (χ2n) is 10.0. The Morgan fingerprint density at radius 2 is 0.854 bits per heavy atom. The molecule has 0 fully saturated rings. The van der Waals surface area contributed by atoms with Gasteiger partial charge in [-0.1, -0.05) is 139 Å². The summed E-state index contributed by atoms with van der Waals surface area (Å²) in [6, 6.07) is 48.6. The van der Waals surface area contributed by atoms with Crippen molar-refractivity contribution in [3.8, 4) is 56.4 Å². The molecule has 0 bridgehead atoms. The average molecular weight is 542 g/mol. The van der Waals surface area contributed by atoms with Crippen LogP contribution in [0.25, 0.3) is 67.2 Å². The van der Waals surface area contributed by atoms with E-state index in [1.165, 1.54) is 37.9 Å². The molecule has 0 radical (unpaired) electrons. The van der Waals surface area contributed by atoms with Gasteiger partial charge in [-0.15, -0.1) is 0 Å². The molecule has 0 unspecified atom stereocenters. The lowest BCUT2D eigenvalue weighted by Gasteiger charge is -2.22. The SMILES string of the molecule is c1ccc(-c2nc(-c3ccccc3)nc(-c3cccc4c3Sc3ccccc3-c3cccc5cccc-4c35)n2)cc1. The molecule has 8 rings (SSSR count). The van der Waals surface area contributed by atoms with E-state index in [-0.39, 0.29) is 0 Å². The van der Waals surface area contributed by atoms with Crippen molar-refractivity contribution in [1.29, 1.82) is 0 Å². The van der Waals surface area contributed by atoms with Crippen molar-refractivity contribution in [2.24, 2.45) is 0 Å². The fraction of sp³-hybridized carbons (Fsp3) is 0. The zero-order chi connectivity index (χ0) is 27.2. The van der Waals surface area contributed by atoms with Crippen molar-refractivity contribution in [2.45, 2.75) is 9.79 Å². The van der Waals surface area contributed by atoms with Crippen molar-refractivity contribution in [3.63, 3.8) is 0 Å². The third-order valence-electron chi connectivity index (χ3n) is 7.54. The number of fused-ring (bicyclic) bond motifs is 4. The summed E-state index contributed by atoms with van der Waals surface area (Å²) in [5, 5.41) is 2.50. The predicted molar refractivity (Wildman–Crippen MR) is 169 cm³/mol. The zero-order valence-corrected chi connectivity index (χ0v) is 22.8. The van der Waals surface area contributed by atoms with Gasteiger partial charge in [-0.3, -0.25) is 0 Å². The molecule has 192 valence electrons. The molecule has 7 aromatic rings. The van der Waals surface area contributed by atoms with Crippen LogP contribution in [-0.4, -0.2) is 15.0 Å². The minimum atomic E-state index is 0.663. The Morgan fingerprint density at radius 3 is 1.54 bits per heavy atom. The first-order valence-electron chi connectivity index (χ1n) is 13.6. The number of hydrogen-bond donors (Lipinski definition) is 0. The maximum absolute atomic E-state index is 5.08. The van der Waals surface area contributed by atoms with Crippen LogP contribution < -0.4 is 0 Å². The number of hydrogen-bond acceptors (Lipinski definition) is 4. The summed E-state index contributed by atoms with van der Waals surface area (Å²) in [6.45, 7) is 0. The Bertz CT molecular complexity index is 2010. The molecular weight excluding hydrogens is 518 g/mol. The quantitative estimate of drug-likeness (QED) is 0.223. The smallest absolute Gasteiger partial charge is 0.165 e. The van der Waals surface area contributed by atoms with E-state index in [1.807, 2.05) is 60.7 Å². The van der Waals surface area contributed by atoms with Gasteiger partial charge in [0.1, 0.15) is 0 Å². The minimum absolute atomic E-state index is 0.663. The van der Waals surface area contributed by atoms with Crippen molar-refractivity contribution < 1.29 is 0 Å². The van der Waals surface area contributed by atoms with Gasteiger partial charge in [-0.05, 0) is 45.2 Å². The van der Waals surface area contributed by atoms with Gasteiger partial charge < -0.3 is 0 Å². The summed E-state index contributed by atoms with van der Waals surface area (Å²) in [4.78, 5) is 17.4. The highest BCUT2D eigenvalue weighted by Crippen LogP contribution is 2.50. The Labute approximate surface area is 242 Å². The van der Waals surface area contributed by atoms with Gasteiger partial charge in [0.25, 0.3) is 0 Å². The Morgan fingerprint density at radius 1 is 0.366 bits per heavy atom. The van der Waals surface area contributed by atoms with Crippen LogP contribution in [0, 0.1) is 0 Å². The molecule has 0 saturated heterocycles. The lowest BCUT2D eigenvalue weighted by Crippen LogP contribution is -2.02. The molecule has 1 aliphatic heterocycles. The minimum Gasteiger partial charge on any atom is -0.208 e. The van der Waals surface area contributed by atoms with Gasteiger partial charge in [-0.2, -0.15) is 0 Å². The third kappa shape index (κ3) is 4.12. The van der Waals surface area contributed by atoms with Crippen LogP contribution in [0.2, 0.25) is 0 Å². The van der Waals surface area contributed by atoms with E-state index in [0.29, 0.717) is 17.5 Å². The average Bonchev–Trinajstić information content (AvgIpc) is 3.04. The summed E-state index contributed by atoms with van der Waals surface area (Å²) in [6.07, 6.45) is 0. The molecule has 2 heterocycles. The number of rotatable bonds is 3. The molecule has 4 heteroatoms. The second kappa shape index (κ2) is 9.84. The third-order valence-corrected chi connectivity index (χ3v) is 8.76. The lowest BCUT2D eigenvalue weighted by atomic mass is 9.90. The molecular formula is C37H23N3S. The fourth-order valence-electron chi connectivity index (χ4n) is 5.64. The van der Waals surface area contributed by atoms with Crippen LogP contribution in [0.4, 0.5) is 0 Å². The molecule has 1 aliphatic rings. The number of aromatic nitrogens is 3. The molecule has 1 aromatic heterocycles. The van der Waals surface area contributed by atoms with Gasteiger partial charge in [0.05, 0.1) is 0 Å². The van der Waals surface area contributed by atoms with Gasteiger partial charge >= 0.3 is 0 Å². The Balaban J connectivity index is 1.43. The number of nitrogens with zero attached hydrogens (tertiary/aromatic N) is 3. The standard InChI is InChI=1S/C37H23N3S/c1-3-12-25(13-4-1)35-38-36(26-14-5-2-6-15-26)40-37(39-35)31-22-11-21-30-29-20-10-17-24-16-9-19-28(33(24)29)27-18-7-8-23-32(27)41-34(30)31/h1-23H. The van der Waals surface area contributed by atoms with Crippen molar-refractivity contribution >= 4 is 22.5 Å². The highest BCUT2D eigenvalue weighted by Gasteiger charge is 2.23. The first-order chi connectivity index (χ1) is 20.3. The highest BCUT2D eigenvalue weighted by molar-refractivity contribution is 7.99. The summed E-state index contributed by atoms with van der Waals surface area (Å²) < 4.78 is 0. The van der Waals surface area contributed by atoms with Gasteiger partial charge in [0, 0.05) is 26.5 Å². The van der Waals surface area contributed by atoms with E-state index < -0.39 is 0 Å². The van der Waals surface area contributed by atoms with E-state index in [0.717, 1.165) is 21.6 Å². The van der Waals surface area contributed by atoms with E-state index in [9.17, 15) is 0 Å².